The summed E-state index contributed by atoms with van der Waals surface area (Å²) in [5.74, 6) is 0.618. The first-order chi connectivity index (χ1) is 14.6. The number of ether oxygens (including phenoxy) is 1. The topological polar surface area (TPSA) is 75.9 Å². The molecule has 5 heteroatoms. The lowest BCUT2D eigenvalue weighted by Gasteiger charge is -2.16. The molecule has 0 amide bonds. The molecule has 1 heterocycles. The van der Waals surface area contributed by atoms with Gasteiger partial charge in [0.2, 0.25) is 0 Å². The first-order valence-electron chi connectivity index (χ1n) is 11.1. The van der Waals surface area contributed by atoms with Crippen LogP contribution in [0.4, 0.5) is 0 Å². The maximum atomic E-state index is 12.2. The number of aryl methyl sites for hydroxylation is 1. The van der Waals surface area contributed by atoms with Gasteiger partial charge in [-0.3, -0.25) is 4.79 Å². The molecule has 1 aromatic carbocycles. The fraction of sp³-hybridized carbons (Fsp3) is 0.520. The summed E-state index contributed by atoms with van der Waals surface area (Å²) in [4.78, 5) is 21.2. The van der Waals surface area contributed by atoms with Crippen LogP contribution >= 0.6 is 0 Å². The van der Waals surface area contributed by atoms with Crippen LogP contribution in [0.2, 0.25) is 0 Å². The molecule has 0 N–H and O–H groups in total. The monoisotopic (exact) mass is 407 g/mol. The second-order valence-electron chi connectivity index (χ2n) is 7.93. The minimum Gasteiger partial charge on any atom is -0.426 e. The average molecular weight is 408 g/mol. The van der Waals surface area contributed by atoms with Gasteiger partial charge in [-0.05, 0) is 55.0 Å². The van der Waals surface area contributed by atoms with E-state index in [1.165, 1.54) is 25.7 Å². The van der Waals surface area contributed by atoms with Gasteiger partial charge in [-0.2, -0.15) is 5.26 Å². The second-order valence-corrected chi connectivity index (χ2v) is 7.93. The molecule has 2 rings (SSSR count). The number of esters is 1. The third-order valence-corrected chi connectivity index (χ3v) is 5.35. The third kappa shape index (κ3) is 7.59. The SMILES string of the molecule is CCCCCCc1cnc(-c2ccc(OC(=O)CC(C#N)C(C)CCC)cc2)nc1. The second kappa shape index (κ2) is 12.7. The van der Waals surface area contributed by atoms with Crippen LogP contribution in [0.25, 0.3) is 11.4 Å². The highest BCUT2D eigenvalue weighted by molar-refractivity contribution is 5.73. The van der Waals surface area contributed by atoms with Crippen LogP contribution in [0.15, 0.2) is 36.7 Å². The molecule has 30 heavy (non-hydrogen) atoms. The molecule has 0 spiro atoms. The van der Waals surface area contributed by atoms with E-state index in [-0.39, 0.29) is 24.2 Å². The highest BCUT2D eigenvalue weighted by atomic mass is 16.5. The molecule has 5 nitrogen and oxygen atoms in total. The Labute approximate surface area is 180 Å². The number of rotatable bonds is 12. The molecular weight excluding hydrogens is 374 g/mol. The quantitative estimate of drug-likeness (QED) is 0.240. The maximum Gasteiger partial charge on any atom is 0.312 e. The zero-order valence-corrected chi connectivity index (χ0v) is 18.4. The van der Waals surface area contributed by atoms with Gasteiger partial charge >= 0.3 is 5.97 Å². The summed E-state index contributed by atoms with van der Waals surface area (Å²) in [6, 6.07) is 9.42. The summed E-state index contributed by atoms with van der Waals surface area (Å²) in [6.45, 7) is 6.30. The number of hydrogen-bond donors (Lipinski definition) is 0. The van der Waals surface area contributed by atoms with E-state index in [9.17, 15) is 10.1 Å². The molecule has 0 aliphatic heterocycles. The third-order valence-electron chi connectivity index (χ3n) is 5.35. The zero-order valence-electron chi connectivity index (χ0n) is 18.4. The number of hydrogen-bond acceptors (Lipinski definition) is 5. The van der Waals surface area contributed by atoms with Gasteiger partial charge in [-0.25, -0.2) is 9.97 Å². The number of benzene rings is 1. The van der Waals surface area contributed by atoms with Crippen molar-refractivity contribution in [1.29, 1.82) is 5.26 Å². The van der Waals surface area contributed by atoms with E-state index in [1.807, 2.05) is 31.5 Å². The molecule has 0 aliphatic carbocycles. The normalized spacial score (nSPS) is 12.7. The molecule has 0 radical (unpaired) electrons. The van der Waals surface area contributed by atoms with Gasteiger partial charge in [0.05, 0.1) is 18.4 Å². The number of unbranched alkanes of at least 4 members (excludes halogenated alkanes) is 3. The Balaban J connectivity index is 1.90. The summed E-state index contributed by atoms with van der Waals surface area (Å²) in [6.07, 6.45) is 11.7. The largest absolute Gasteiger partial charge is 0.426 e. The van der Waals surface area contributed by atoms with Gasteiger partial charge in [-0.15, -0.1) is 0 Å². The highest BCUT2D eigenvalue weighted by Crippen LogP contribution is 2.23. The van der Waals surface area contributed by atoms with Gasteiger partial charge < -0.3 is 4.74 Å². The van der Waals surface area contributed by atoms with Crippen LogP contribution in [0.3, 0.4) is 0 Å². The minimum atomic E-state index is -0.374. The molecule has 0 bridgehead atoms. The number of carbonyl (C=O) groups is 1. The molecule has 0 fully saturated rings. The van der Waals surface area contributed by atoms with Crippen LogP contribution in [0.5, 0.6) is 5.75 Å². The van der Waals surface area contributed by atoms with E-state index < -0.39 is 0 Å². The van der Waals surface area contributed by atoms with E-state index in [0.29, 0.717) is 11.6 Å². The van der Waals surface area contributed by atoms with Crippen molar-refractivity contribution in [2.45, 2.75) is 72.1 Å². The van der Waals surface area contributed by atoms with Crippen molar-refractivity contribution in [3.8, 4) is 23.2 Å². The van der Waals surface area contributed by atoms with Crippen molar-refractivity contribution >= 4 is 5.97 Å². The first kappa shape index (κ1) is 23.5. The smallest absolute Gasteiger partial charge is 0.312 e. The van der Waals surface area contributed by atoms with Crippen molar-refractivity contribution < 1.29 is 9.53 Å². The van der Waals surface area contributed by atoms with E-state index in [0.717, 1.165) is 30.4 Å². The number of nitriles is 1. The molecular formula is C25H33N3O2. The van der Waals surface area contributed by atoms with Crippen LogP contribution in [-0.2, 0) is 11.2 Å². The van der Waals surface area contributed by atoms with Crippen LogP contribution in [-0.4, -0.2) is 15.9 Å². The van der Waals surface area contributed by atoms with E-state index >= 15 is 0 Å². The van der Waals surface area contributed by atoms with E-state index in [1.54, 1.807) is 12.1 Å². The minimum absolute atomic E-state index is 0.113. The maximum absolute atomic E-state index is 12.2. The van der Waals surface area contributed by atoms with Gasteiger partial charge in [-0.1, -0.05) is 46.5 Å². The lowest BCUT2D eigenvalue weighted by molar-refractivity contribution is -0.135. The summed E-state index contributed by atoms with van der Waals surface area (Å²) in [7, 11) is 0. The average Bonchev–Trinajstić information content (AvgIpc) is 2.76. The Bertz CT molecular complexity index is 810. The molecule has 1 aromatic heterocycles. The van der Waals surface area contributed by atoms with Crippen LogP contribution in [0, 0.1) is 23.2 Å². The Kier molecular flexibility index (Phi) is 10.00. The Hall–Kier alpha value is -2.74. The van der Waals surface area contributed by atoms with Crippen molar-refractivity contribution in [2.75, 3.05) is 0 Å². The van der Waals surface area contributed by atoms with Gasteiger partial charge in [0.15, 0.2) is 5.82 Å². The van der Waals surface area contributed by atoms with Crippen molar-refractivity contribution in [3.05, 3.63) is 42.2 Å². The molecule has 2 unspecified atom stereocenters. The van der Waals surface area contributed by atoms with Crippen LogP contribution < -0.4 is 4.74 Å². The molecule has 2 aromatic rings. The highest BCUT2D eigenvalue weighted by Gasteiger charge is 2.21. The summed E-state index contributed by atoms with van der Waals surface area (Å²) in [5, 5.41) is 9.32. The first-order valence-corrected chi connectivity index (χ1v) is 11.1. The number of carbonyl (C=O) groups excluding carboxylic acids is 1. The fourth-order valence-corrected chi connectivity index (χ4v) is 3.44. The molecule has 0 aliphatic rings. The molecule has 2 atom stereocenters. The Morgan fingerprint density at radius 2 is 1.77 bits per heavy atom. The summed E-state index contributed by atoms with van der Waals surface area (Å²) >= 11 is 0. The molecule has 160 valence electrons. The van der Waals surface area contributed by atoms with Crippen LogP contribution in [0.1, 0.15) is 71.3 Å². The predicted octanol–water partition coefficient (Wildman–Crippen LogP) is 6.14. The van der Waals surface area contributed by atoms with E-state index in [4.69, 9.17) is 4.74 Å². The van der Waals surface area contributed by atoms with E-state index in [2.05, 4.69) is 29.9 Å². The van der Waals surface area contributed by atoms with Crippen molar-refractivity contribution in [3.63, 3.8) is 0 Å². The van der Waals surface area contributed by atoms with Gasteiger partial charge in [0.25, 0.3) is 0 Å². The fourth-order valence-electron chi connectivity index (χ4n) is 3.44. The summed E-state index contributed by atoms with van der Waals surface area (Å²) < 4.78 is 5.42. The summed E-state index contributed by atoms with van der Waals surface area (Å²) in [5.41, 5.74) is 2.03. The lowest BCUT2D eigenvalue weighted by atomic mass is 9.89. The zero-order chi connectivity index (χ0) is 21.8. The lowest BCUT2D eigenvalue weighted by Crippen LogP contribution is -2.18. The predicted molar refractivity (Wildman–Crippen MR) is 119 cm³/mol. The van der Waals surface area contributed by atoms with Crippen molar-refractivity contribution in [2.24, 2.45) is 11.8 Å². The Morgan fingerprint density at radius 3 is 2.37 bits per heavy atom. The number of nitrogens with zero attached hydrogens (tertiary/aromatic N) is 3. The number of aromatic nitrogens is 2. The standard InChI is InChI=1S/C25H33N3O2/c1-4-6-7-8-10-20-17-27-25(28-18-20)21-11-13-23(14-12-21)30-24(29)15-22(16-26)19(3)9-5-2/h11-14,17-19,22H,4-10,15H2,1-3H3. The Morgan fingerprint density at radius 1 is 1.07 bits per heavy atom. The van der Waals surface area contributed by atoms with Crippen molar-refractivity contribution in [1.82, 2.24) is 9.97 Å². The van der Waals surface area contributed by atoms with Gasteiger partial charge in [0, 0.05) is 18.0 Å². The molecule has 0 saturated carbocycles. The molecule has 0 saturated heterocycles. The van der Waals surface area contributed by atoms with Gasteiger partial charge in [0.1, 0.15) is 5.75 Å².